The number of nitrogens with zero attached hydrogens (tertiary/aromatic N) is 2. The molecule has 5 heteroatoms. The molecule has 13 heavy (non-hydrogen) atoms. The first-order valence-corrected chi connectivity index (χ1v) is 4.22. The van der Waals surface area contributed by atoms with Gasteiger partial charge in [0.05, 0.1) is 19.6 Å². The molecule has 0 spiro atoms. The van der Waals surface area contributed by atoms with Gasteiger partial charge < -0.3 is 15.0 Å². The van der Waals surface area contributed by atoms with Gasteiger partial charge in [-0.2, -0.15) is 5.26 Å². The van der Waals surface area contributed by atoms with Crippen molar-refractivity contribution in [2.75, 3.05) is 26.7 Å². The van der Waals surface area contributed by atoms with Crippen LogP contribution < -0.4 is 5.32 Å². The molecule has 1 N–H and O–H groups in total. The number of piperazine rings is 1. The molecule has 1 aliphatic heterocycles. The van der Waals surface area contributed by atoms with Crippen molar-refractivity contribution in [2.45, 2.75) is 12.5 Å². The van der Waals surface area contributed by atoms with Gasteiger partial charge in [0.2, 0.25) is 0 Å². The van der Waals surface area contributed by atoms with Crippen molar-refractivity contribution >= 4 is 5.97 Å². The van der Waals surface area contributed by atoms with Crippen LogP contribution in [0.5, 0.6) is 0 Å². The summed E-state index contributed by atoms with van der Waals surface area (Å²) in [5.41, 5.74) is 0. The topological polar surface area (TPSA) is 65.4 Å². The van der Waals surface area contributed by atoms with Crippen LogP contribution in [0.4, 0.5) is 0 Å². The summed E-state index contributed by atoms with van der Waals surface area (Å²) in [6, 6.07) is -0.0498. The molecule has 1 heterocycles. The summed E-state index contributed by atoms with van der Waals surface area (Å²) in [7, 11) is 1.36. The van der Waals surface area contributed by atoms with Gasteiger partial charge in [0.1, 0.15) is 0 Å². The number of methoxy groups -OCH3 is 1. The summed E-state index contributed by atoms with van der Waals surface area (Å²) in [4.78, 5) is 12.6. The molecule has 0 radical (unpaired) electrons. The number of hydrogen-bond acceptors (Lipinski definition) is 5. The summed E-state index contributed by atoms with van der Waals surface area (Å²) in [5, 5.41) is 11.9. The summed E-state index contributed by atoms with van der Waals surface area (Å²) in [5.74, 6) is -0.269. The number of nitriles is 1. The SMILES string of the molecule is COC(=O)C[C@@H]1CNCCN1C#N. The lowest BCUT2D eigenvalue weighted by molar-refractivity contribution is -0.141. The Labute approximate surface area is 77.3 Å². The third-order valence-electron chi connectivity index (χ3n) is 2.11. The lowest BCUT2D eigenvalue weighted by Crippen LogP contribution is -2.49. The smallest absolute Gasteiger partial charge is 0.307 e. The van der Waals surface area contributed by atoms with Crippen LogP contribution in [0.3, 0.4) is 0 Å². The largest absolute Gasteiger partial charge is 0.469 e. The molecule has 0 saturated carbocycles. The van der Waals surface area contributed by atoms with E-state index < -0.39 is 0 Å². The van der Waals surface area contributed by atoms with E-state index in [2.05, 4.69) is 16.2 Å². The molecule has 1 atom stereocenters. The van der Waals surface area contributed by atoms with Crippen molar-refractivity contribution < 1.29 is 9.53 Å². The van der Waals surface area contributed by atoms with Gasteiger partial charge >= 0.3 is 5.97 Å². The molecule has 0 bridgehead atoms. The second kappa shape index (κ2) is 4.67. The molecule has 0 aromatic carbocycles. The maximum atomic E-state index is 11.0. The van der Waals surface area contributed by atoms with Crippen molar-refractivity contribution in [3.63, 3.8) is 0 Å². The van der Waals surface area contributed by atoms with Gasteiger partial charge in [-0.05, 0) is 0 Å². The van der Waals surface area contributed by atoms with Crippen LogP contribution in [0.25, 0.3) is 0 Å². The molecule has 0 unspecified atom stereocenters. The Morgan fingerprint density at radius 1 is 1.85 bits per heavy atom. The molecule has 72 valence electrons. The minimum atomic E-state index is -0.269. The highest BCUT2D eigenvalue weighted by atomic mass is 16.5. The maximum absolute atomic E-state index is 11.0. The van der Waals surface area contributed by atoms with Gasteiger partial charge in [0.15, 0.2) is 6.19 Å². The van der Waals surface area contributed by atoms with E-state index in [1.807, 2.05) is 0 Å². The van der Waals surface area contributed by atoms with Gasteiger partial charge in [-0.15, -0.1) is 0 Å². The monoisotopic (exact) mass is 183 g/mol. The number of nitrogens with one attached hydrogen (secondary N) is 1. The van der Waals surface area contributed by atoms with Crippen molar-refractivity contribution in [1.29, 1.82) is 5.26 Å². The summed E-state index contributed by atoms with van der Waals surface area (Å²) < 4.78 is 4.54. The lowest BCUT2D eigenvalue weighted by Gasteiger charge is -2.30. The average Bonchev–Trinajstić information content (AvgIpc) is 2.18. The predicted octanol–water partition coefficient (Wildman–Crippen LogP) is -0.696. The number of hydrogen-bond donors (Lipinski definition) is 1. The Morgan fingerprint density at radius 3 is 3.23 bits per heavy atom. The zero-order valence-corrected chi connectivity index (χ0v) is 7.62. The van der Waals surface area contributed by atoms with E-state index in [-0.39, 0.29) is 18.4 Å². The molecule has 1 saturated heterocycles. The van der Waals surface area contributed by atoms with Gasteiger partial charge in [-0.25, -0.2) is 0 Å². The quantitative estimate of drug-likeness (QED) is 0.453. The average molecular weight is 183 g/mol. The Bertz CT molecular complexity index is 224. The van der Waals surface area contributed by atoms with Crippen LogP contribution in [0.1, 0.15) is 6.42 Å². The fourth-order valence-electron chi connectivity index (χ4n) is 1.35. The molecule has 1 aliphatic rings. The van der Waals surface area contributed by atoms with Crippen LogP contribution >= 0.6 is 0 Å². The number of rotatable bonds is 2. The summed E-state index contributed by atoms with van der Waals surface area (Å²) in [6.45, 7) is 2.13. The third kappa shape index (κ3) is 2.60. The highest BCUT2D eigenvalue weighted by Crippen LogP contribution is 2.06. The van der Waals surface area contributed by atoms with Gasteiger partial charge in [-0.3, -0.25) is 4.79 Å². The van der Waals surface area contributed by atoms with E-state index in [9.17, 15) is 4.79 Å². The number of carbonyl (C=O) groups is 1. The Kier molecular flexibility index (Phi) is 3.53. The molecule has 1 rings (SSSR count). The van der Waals surface area contributed by atoms with Crippen molar-refractivity contribution in [2.24, 2.45) is 0 Å². The zero-order chi connectivity index (χ0) is 9.68. The number of esters is 1. The summed E-state index contributed by atoms with van der Waals surface area (Å²) >= 11 is 0. The first kappa shape index (κ1) is 9.81. The molecule has 1 fully saturated rings. The van der Waals surface area contributed by atoms with Crippen LogP contribution in [0, 0.1) is 11.5 Å². The second-order valence-electron chi connectivity index (χ2n) is 2.93. The fraction of sp³-hybridized carbons (Fsp3) is 0.750. The third-order valence-corrected chi connectivity index (χ3v) is 2.11. The second-order valence-corrected chi connectivity index (χ2v) is 2.93. The Balaban J connectivity index is 2.46. The minimum Gasteiger partial charge on any atom is -0.469 e. The molecule has 0 aromatic rings. The Morgan fingerprint density at radius 2 is 2.62 bits per heavy atom. The molecule has 0 amide bonds. The van der Waals surface area contributed by atoms with Crippen molar-refractivity contribution in [3.8, 4) is 6.19 Å². The van der Waals surface area contributed by atoms with Crippen LogP contribution in [-0.2, 0) is 9.53 Å². The maximum Gasteiger partial charge on any atom is 0.307 e. The van der Waals surface area contributed by atoms with Gasteiger partial charge in [0, 0.05) is 19.6 Å². The van der Waals surface area contributed by atoms with E-state index in [1.54, 1.807) is 4.90 Å². The van der Waals surface area contributed by atoms with Crippen LogP contribution in [0.2, 0.25) is 0 Å². The Hall–Kier alpha value is -1.28. The highest BCUT2D eigenvalue weighted by molar-refractivity contribution is 5.70. The molecule has 0 aliphatic carbocycles. The van der Waals surface area contributed by atoms with Crippen LogP contribution in [-0.4, -0.2) is 43.7 Å². The minimum absolute atomic E-state index is 0.0498. The molecular formula is C8H13N3O2. The predicted molar refractivity (Wildman–Crippen MR) is 45.6 cm³/mol. The highest BCUT2D eigenvalue weighted by Gasteiger charge is 2.23. The number of ether oxygens (including phenoxy) is 1. The molecule has 0 aromatic heterocycles. The van der Waals surface area contributed by atoms with Crippen molar-refractivity contribution in [3.05, 3.63) is 0 Å². The van der Waals surface area contributed by atoms with E-state index in [1.165, 1.54) is 7.11 Å². The van der Waals surface area contributed by atoms with Crippen molar-refractivity contribution in [1.82, 2.24) is 10.2 Å². The fourth-order valence-corrected chi connectivity index (χ4v) is 1.35. The van der Waals surface area contributed by atoms with E-state index in [4.69, 9.17) is 5.26 Å². The standard InChI is InChI=1S/C8H13N3O2/c1-13-8(12)4-7-5-10-2-3-11(7)6-9/h7,10H,2-5H2,1H3/t7-/m1/s1. The van der Waals surface area contributed by atoms with Crippen LogP contribution in [0.15, 0.2) is 0 Å². The van der Waals surface area contributed by atoms with E-state index >= 15 is 0 Å². The van der Waals surface area contributed by atoms with E-state index in [0.717, 1.165) is 6.54 Å². The first-order chi connectivity index (χ1) is 6.27. The normalized spacial score (nSPS) is 22.2. The van der Waals surface area contributed by atoms with Gasteiger partial charge in [0.25, 0.3) is 0 Å². The summed E-state index contributed by atoms with van der Waals surface area (Å²) in [6.07, 6.45) is 2.34. The molecule has 5 nitrogen and oxygen atoms in total. The first-order valence-electron chi connectivity index (χ1n) is 4.22. The molecular weight excluding hydrogens is 170 g/mol. The van der Waals surface area contributed by atoms with E-state index in [0.29, 0.717) is 13.1 Å². The zero-order valence-electron chi connectivity index (χ0n) is 7.62. The lowest BCUT2D eigenvalue weighted by atomic mass is 10.1. The number of carbonyl (C=O) groups excluding carboxylic acids is 1. The van der Waals surface area contributed by atoms with Gasteiger partial charge in [-0.1, -0.05) is 0 Å².